The Morgan fingerprint density at radius 2 is 1.65 bits per heavy atom. The van der Waals surface area contributed by atoms with Gasteiger partial charge in [-0.25, -0.2) is 9.59 Å². The summed E-state index contributed by atoms with van der Waals surface area (Å²) in [5, 5.41) is 0. The minimum Gasteiger partial charge on any atom is -0.464 e. The van der Waals surface area contributed by atoms with Crippen LogP contribution in [0.2, 0.25) is 0 Å². The molecule has 5 heteroatoms. The van der Waals surface area contributed by atoms with Gasteiger partial charge in [0.25, 0.3) is 0 Å². The molecule has 0 heterocycles. The summed E-state index contributed by atoms with van der Waals surface area (Å²) in [5.41, 5.74) is 0.908. The van der Waals surface area contributed by atoms with Gasteiger partial charge in [0.15, 0.2) is 0 Å². The predicted octanol–water partition coefficient (Wildman–Crippen LogP) is 4.65. The standard InChI is InChI=1S/C21H33NO4/c1-16(2)10-9-13-25-20(23)19(14-17(3)4)22(5)21(24)26-15-18-11-7-6-8-12-18/h6-8,11-12,16-17,19H,9-10,13-15H2,1-5H3. The fourth-order valence-electron chi connectivity index (χ4n) is 2.57. The van der Waals surface area contributed by atoms with Crippen LogP contribution in [-0.2, 0) is 20.9 Å². The molecule has 0 spiro atoms. The molecule has 1 unspecified atom stereocenters. The van der Waals surface area contributed by atoms with E-state index in [0.717, 1.165) is 18.4 Å². The van der Waals surface area contributed by atoms with Crippen LogP contribution in [0.1, 0.15) is 52.5 Å². The topological polar surface area (TPSA) is 55.8 Å². The van der Waals surface area contributed by atoms with Crippen molar-refractivity contribution >= 4 is 12.1 Å². The maximum absolute atomic E-state index is 12.5. The van der Waals surface area contributed by atoms with E-state index in [1.54, 1.807) is 7.05 Å². The maximum Gasteiger partial charge on any atom is 0.410 e. The Kier molecular flexibility index (Phi) is 9.78. The minimum atomic E-state index is -0.627. The third-order valence-electron chi connectivity index (χ3n) is 4.10. The van der Waals surface area contributed by atoms with Gasteiger partial charge in [0.2, 0.25) is 0 Å². The van der Waals surface area contributed by atoms with Crippen LogP contribution in [0.25, 0.3) is 0 Å². The SMILES string of the molecule is CC(C)CCCOC(=O)C(CC(C)C)N(C)C(=O)OCc1ccccc1. The molecule has 0 fully saturated rings. The molecule has 0 saturated heterocycles. The number of likely N-dealkylation sites (N-methyl/N-ethyl adjacent to an activating group) is 1. The summed E-state index contributed by atoms with van der Waals surface area (Å²) in [7, 11) is 1.59. The molecular weight excluding hydrogens is 330 g/mol. The van der Waals surface area contributed by atoms with Gasteiger partial charge in [0.1, 0.15) is 12.6 Å². The summed E-state index contributed by atoms with van der Waals surface area (Å²) in [4.78, 5) is 26.2. The van der Waals surface area contributed by atoms with Crippen LogP contribution in [0.3, 0.4) is 0 Å². The van der Waals surface area contributed by atoms with E-state index in [1.165, 1.54) is 4.90 Å². The Morgan fingerprint density at radius 3 is 2.23 bits per heavy atom. The van der Waals surface area contributed by atoms with Crippen molar-refractivity contribution in [2.45, 2.75) is 59.6 Å². The van der Waals surface area contributed by atoms with Crippen LogP contribution in [0.15, 0.2) is 30.3 Å². The van der Waals surface area contributed by atoms with E-state index in [0.29, 0.717) is 18.9 Å². The lowest BCUT2D eigenvalue weighted by Crippen LogP contribution is -2.44. The van der Waals surface area contributed by atoms with E-state index in [4.69, 9.17) is 9.47 Å². The first kappa shape index (κ1) is 22.0. The van der Waals surface area contributed by atoms with Crippen molar-refractivity contribution in [3.8, 4) is 0 Å². The molecule has 1 aromatic rings. The molecule has 0 saturated carbocycles. The van der Waals surface area contributed by atoms with Gasteiger partial charge in [-0.15, -0.1) is 0 Å². The molecule has 146 valence electrons. The molecule has 5 nitrogen and oxygen atoms in total. The monoisotopic (exact) mass is 363 g/mol. The van der Waals surface area contributed by atoms with E-state index in [1.807, 2.05) is 44.2 Å². The summed E-state index contributed by atoms with van der Waals surface area (Å²) >= 11 is 0. The average Bonchev–Trinajstić information content (AvgIpc) is 2.61. The molecule has 0 radical (unpaired) electrons. The second kappa shape index (κ2) is 11.6. The number of carbonyl (C=O) groups is 2. The highest BCUT2D eigenvalue weighted by molar-refractivity contribution is 5.81. The van der Waals surface area contributed by atoms with Gasteiger partial charge in [-0.05, 0) is 36.7 Å². The summed E-state index contributed by atoms with van der Waals surface area (Å²) in [6, 6.07) is 8.85. The average molecular weight is 363 g/mol. The van der Waals surface area contributed by atoms with Crippen molar-refractivity contribution in [3.63, 3.8) is 0 Å². The number of amides is 1. The smallest absolute Gasteiger partial charge is 0.410 e. The maximum atomic E-state index is 12.5. The lowest BCUT2D eigenvalue weighted by molar-refractivity contribution is -0.149. The van der Waals surface area contributed by atoms with E-state index in [2.05, 4.69) is 13.8 Å². The van der Waals surface area contributed by atoms with Crippen molar-refractivity contribution in [3.05, 3.63) is 35.9 Å². The van der Waals surface area contributed by atoms with E-state index < -0.39 is 12.1 Å². The highest BCUT2D eigenvalue weighted by Crippen LogP contribution is 2.15. The Morgan fingerprint density at radius 1 is 1.00 bits per heavy atom. The number of esters is 1. The van der Waals surface area contributed by atoms with Gasteiger partial charge in [0.05, 0.1) is 6.61 Å². The van der Waals surface area contributed by atoms with Crippen LogP contribution >= 0.6 is 0 Å². The number of hydrogen-bond acceptors (Lipinski definition) is 4. The van der Waals surface area contributed by atoms with E-state index in [9.17, 15) is 9.59 Å². The number of benzene rings is 1. The fourth-order valence-corrected chi connectivity index (χ4v) is 2.57. The van der Waals surface area contributed by atoms with Crippen molar-refractivity contribution in [2.75, 3.05) is 13.7 Å². The van der Waals surface area contributed by atoms with Crippen LogP contribution in [0.5, 0.6) is 0 Å². The van der Waals surface area contributed by atoms with Gasteiger partial charge < -0.3 is 9.47 Å². The number of carbonyl (C=O) groups excluding carboxylic acids is 2. The quantitative estimate of drug-likeness (QED) is 0.448. The molecule has 26 heavy (non-hydrogen) atoms. The highest BCUT2D eigenvalue weighted by atomic mass is 16.6. The van der Waals surface area contributed by atoms with Crippen molar-refractivity contribution in [2.24, 2.45) is 11.8 Å². The van der Waals surface area contributed by atoms with E-state index >= 15 is 0 Å². The predicted molar refractivity (Wildman–Crippen MR) is 103 cm³/mol. The second-order valence-corrected chi connectivity index (χ2v) is 7.50. The van der Waals surface area contributed by atoms with Crippen LogP contribution in [0, 0.1) is 11.8 Å². The lowest BCUT2D eigenvalue weighted by Gasteiger charge is -2.27. The molecule has 0 N–H and O–H groups in total. The lowest BCUT2D eigenvalue weighted by atomic mass is 10.0. The number of ether oxygens (including phenoxy) is 2. The fraction of sp³-hybridized carbons (Fsp3) is 0.619. The van der Waals surface area contributed by atoms with Crippen LogP contribution < -0.4 is 0 Å². The Balaban J connectivity index is 2.58. The van der Waals surface area contributed by atoms with Crippen molar-refractivity contribution < 1.29 is 19.1 Å². The Bertz CT molecular complexity index is 542. The Labute approximate surface area is 157 Å². The third kappa shape index (κ3) is 8.37. The molecule has 0 bridgehead atoms. The minimum absolute atomic E-state index is 0.182. The first-order valence-corrected chi connectivity index (χ1v) is 9.41. The van der Waals surface area contributed by atoms with Crippen LogP contribution in [-0.4, -0.2) is 36.7 Å². The first-order valence-electron chi connectivity index (χ1n) is 9.41. The van der Waals surface area contributed by atoms with Gasteiger partial charge in [0, 0.05) is 7.05 Å². The Hall–Kier alpha value is -2.04. The zero-order valence-electron chi connectivity index (χ0n) is 16.7. The second-order valence-electron chi connectivity index (χ2n) is 7.50. The van der Waals surface area contributed by atoms with E-state index in [-0.39, 0.29) is 18.5 Å². The summed E-state index contributed by atoms with van der Waals surface area (Å²) in [6.07, 6.45) is 1.87. The summed E-state index contributed by atoms with van der Waals surface area (Å²) in [6.45, 7) is 8.88. The molecule has 1 rings (SSSR count). The zero-order chi connectivity index (χ0) is 19.5. The normalized spacial score (nSPS) is 12.1. The first-order chi connectivity index (χ1) is 12.3. The largest absolute Gasteiger partial charge is 0.464 e. The molecule has 0 aliphatic heterocycles. The molecule has 0 aliphatic rings. The third-order valence-corrected chi connectivity index (χ3v) is 4.10. The highest BCUT2D eigenvalue weighted by Gasteiger charge is 2.30. The molecule has 1 aromatic carbocycles. The number of nitrogens with zero attached hydrogens (tertiary/aromatic N) is 1. The van der Waals surface area contributed by atoms with Crippen molar-refractivity contribution in [1.29, 1.82) is 0 Å². The van der Waals surface area contributed by atoms with Gasteiger partial charge in [-0.1, -0.05) is 58.0 Å². The molecule has 1 amide bonds. The van der Waals surface area contributed by atoms with Gasteiger partial charge in [-0.3, -0.25) is 4.90 Å². The van der Waals surface area contributed by atoms with Crippen molar-refractivity contribution in [1.82, 2.24) is 4.90 Å². The summed E-state index contributed by atoms with van der Waals surface area (Å²) < 4.78 is 10.7. The van der Waals surface area contributed by atoms with Gasteiger partial charge in [-0.2, -0.15) is 0 Å². The molecule has 1 atom stereocenters. The van der Waals surface area contributed by atoms with Gasteiger partial charge >= 0.3 is 12.1 Å². The molecule has 0 aromatic heterocycles. The zero-order valence-corrected chi connectivity index (χ0v) is 16.7. The number of rotatable bonds is 10. The number of hydrogen-bond donors (Lipinski definition) is 0. The molecular formula is C21H33NO4. The summed E-state index contributed by atoms with van der Waals surface area (Å²) in [5.74, 6) is 0.477. The van der Waals surface area contributed by atoms with Crippen LogP contribution in [0.4, 0.5) is 4.79 Å². The molecule has 0 aliphatic carbocycles.